The lowest BCUT2D eigenvalue weighted by Gasteiger charge is -2.09. The number of rotatable bonds is 2. The SMILES string of the molecule is Cc1ccc(Cl)c(CC2(O)CC2)c1. The third kappa shape index (κ3) is 2.04. The number of aryl methyl sites for hydroxylation is 1. The number of halogens is 1. The summed E-state index contributed by atoms with van der Waals surface area (Å²) >= 11 is 6.02. The van der Waals surface area contributed by atoms with Gasteiger partial charge in [-0.3, -0.25) is 0 Å². The minimum Gasteiger partial charge on any atom is -0.390 e. The monoisotopic (exact) mass is 196 g/mol. The molecule has 70 valence electrons. The molecule has 0 aliphatic heterocycles. The van der Waals surface area contributed by atoms with Gasteiger partial charge < -0.3 is 5.11 Å². The predicted octanol–water partition coefficient (Wildman–Crippen LogP) is 2.72. The lowest BCUT2D eigenvalue weighted by Crippen LogP contribution is -2.11. The van der Waals surface area contributed by atoms with Crippen molar-refractivity contribution >= 4 is 11.6 Å². The topological polar surface area (TPSA) is 20.2 Å². The quantitative estimate of drug-likeness (QED) is 0.771. The molecule has 1 aliphatic carbocycles. The summed E-state index contributed by atoms with van der Waals surface area (Å²) in [6.07, 6.45) is 2.53. The molecule has 1 fully saturated rings. The fraction of sp³-hybridized carbons (Fsp3) is 0.455. The Morgan fingerprint density at radius 3 is 2.77 bits per heavy atom. The van der Waals surface area contributed by atoms with Crippen LogP contribution in [0.4, 0.5) is 0 Å². The van der Waals surface area contributed by atoms with E-state index in [0.717, 1.165) is 23.4 Å². The van der Waals surface area contributed by atoms with Gasteiger partial charge in [0.1, 0.15) is 0 Å². The maximum absolute atomic E-state index is 9.74. The van der Waals surface area contributed by atoms with Crippen molar-refractivity contribution in [2.45, 2.75) is 31.8 Å². The van der Waals surface area contributed by atoms with E-state index in [4.69, 9.17) is 11.6 Å². The van der Waals surface area contributed by atoms with Gasteiger partial charge in [-0.2, -0.15) is 0 Å². The van der Waals surface area contributed by atoms with Crippen LogP contribution in [0.5, 0.6) is 0 Å². The second kappa shape index (κ2) is 3.00. The first kappa shape index (κ1) is 9.04. The zero-order valence-corrected chi connectivity index (χ0v) is 8.43. The highest BCUT2D eigenvalue weighted by molar-refractivity contribution is 6.31. The van der Waals surface area contributed by atoms with E-state index < -0.39 is 5.60 Å². The number of hydrogen-bond acceptors (Lipinski definition) is 1. The summed E-state index contributed by atoms with van der Waals surface area (Å²) in [5.41, 5.74) is 1.82. The third-order valence-corrected chi connectivity index (χ3v) is 2.92. The number of aliphatic hydroxyl groups is 1. The summed E-state index contributed by atoms with van der Waals surface area (Å²) in [7, 11) is 0. The maximum Gasteiger partial charge on any atom is 0.0690 e. The van der Waals surface area contributed by atoms with Crippen molar-refractivity contribution in [1.29, 1.82) is 0 Å². The van der Waals surface area contributed by atoms with Crippen LogP contribution in [0.3, 0.4) is 0 Å². The Morgan fingerprint density at radius 1 is 1.46 bits per heavy atom. The lowest BCUT2D eigenvalue weighted by molar-refractivity contribution is 0.151. The Morgan fingerprint density at radius 2 is 2.15 bits per heavy atom. The molecule has 1 N–H and O–H groups in total. The van der Waals surface area contributed by atoms with E-state index in [1.54, 1.807) is 0 Å². The summed E-state index contributed by atoms with van der Waals surface area (Å²) in [5, 5.41) is 10.5. The van der Waals surface area contributed by atoms with E-state index in [2.05, 4.69) is 6.07 Å². The van der Waals surface area contributed by atoms with Gasteiger partial charge in [0.05, 0.1) is 5.60 Å². The van der Waals surface area contributed by atoms with Crippen molar-refractivity contribution in [3.05, 3.63) is 34.3 Å². The second-order valence-electron chi connectivity index (χ2n) is 4.00. The molecule has 0 saturated heterocycles. The minimum atomic E-state index is -0.447. The number of benzene rings is 1. The van der Waals surface area contributed by atoms with Crippen molar-refractivity contribution in [2.24, 2.45) is 0 Å². The summed E-state index contributed by atoms with van der Waals surface area (Å²) in [6, 6.07) is 5.94. The average Bonchev–Trinajstić information content (AvgIpc) is 2.76. The molecule has 0 heterocycles. The zero-order valence-electron chi connectivity index (χ0n) is 7.68. The van der Waals surface area contributed by atoms with Crippen LogP contribution in [-0.2, 0) is 6.42 Å². The molecular weight excluding hydrogens is 184 g/mol. The maximum atomic E-state index is 9.74. The van der Waals surface area contributed by atoms with Crippen molar-refractivity contribution in [3.8, 4) is 0 Å². The third-order valence-electron chi connectivity index (χ3n) is 2.55. The predicted molar refractivity (Wildman–Crippen MR) is 54.1 cm³/mol. The largest absolute Gasteiger partial charge is 0.390 e. The molecular formula is C11H13ClO. The standard InChI is InChI=1S/C11H13ClO/c1-8-2-3-10(12)9(6-8)7-11(13)4-5-11/h2-3,6,13H,4-5,7H2,1H3. The van der Waals surface area contributed by atoms with Crippen molar-refractivity contribution < 1.29 is 5.11 Å². The van der Waals surface area contributed by atoms with Gasteiger partial charge in [-0.25, -0.2) is 0 Å². The van der Waals surface area contributed by atoms with Crippen LogP contribution in [0.25, 0.3) is 0 Å². The van der Waals surface area contributed by atoms with Gasteiger partial charge in [-0.05, 0) is 31.4 Å². The molecule has 0 aromatic heterocycles. The van der Waals surface area contributed by atoms with Crippen LogP contribution in [0.1, 0.15) is 24.0 Å². The highest BCUT2D eigenvalue weighted by Crippen LogP contribution is 2.39. The van der Waals surface area contributed by atoms with Gasteiger partial charge in [0, 0.05) is 11.4 Å². The fourth-order valence-electron chi connectivity index (χ4n) is 1.51. The summed E-state index contributed by atoms with van der Waals surface area (Å²) < 4.78 is 0. The Hall–Kier alpha value is -0.530. The molecule has 0 spiro atoms. The van der Waals surface area contributed by atoms with E-state index in [9.17, 15) is 5.11 Å². The van der Waals surface area contributed by atoms with Crippen molar-refractivity contribution in [2.75, 3.05) is 0 Å². The van der Waals surface area contributed by atoms with Crippen LogP contribution in [-0.4, -0.2) is 10.7 Å². The molecule has 1 aromatic rings. The first-order valence-electron chi connectivity index (χ1n) is 4.56. The van der Waals surface area contributed by atoms with E-state index in [1.807, 2.05) is 19.1 Å². The average molecular weight is 197 g/mol. The molecule has 1 saturated carbocycles. The summed E-state index contributed by atoms with van der Waals surface area (Å²) in [4.78, 5) is 0. The molecule has 1 nitrogen and oxygen atoms in total. The Balaban J connectivity index is 2.23. The van der Waals surface area contributed by atoms with Crippen LogP contribution in [0.15, 0.2) is 18.2 Å². The normalized spacial score (nSPS) is 18.7. The highest BCUT2D eigenvalue weighted by Gasteiger charge is 2.40. The fourth-order valence-corrected chi connectivity index (χ4v) is 1.70. The molecule has 1 aromatic carbocycles. The Labute approximate surface area is 83.3 Å². The van der Waals surface area contributed by atoms with E-state index >= 15 is 0 Å². The minimum absolute atomic E-state index is 0.447. The molecule has 0 atom stereocenters. The van der Waals surface area contributed by atoms with Crippen LogP contribution < -0.4 is 0 Å². The first-order chi connectivity index (χ1) is 6.09. The molecule has 0 radical (unpaired) electrons. The molecule has 0 unspecified atom stereocenters. The van der Waals surface area contributed by atoms with Crippen LogP contribution in [0.2, 0.25) is 5.02 Å². The Bertz CT molecular complexity index is 329. The van der Waals surface area contributed by atoms with Gasteiger partial charge in [0.25, 0.3) is 0 Å². The lowest BCUT2D eigenvalue weighted by atomic mass is 10.0. The van der Waals surface area contributed by atoms with Crippen molar-refractivity contribution in [3.63, 3.8) is 0 Å². The molecule has 1 aliphatic rings. The Kier molecular flexibility index (Phi) is 2.09. The van der Waals surface area contributed by atoms with Crippen LogP contribution >= 0.6 is 11.6 Å². The van der Waals surface area contributed by atoms with Gasteiger partial charge >= 0.3 is 0 Å². The highest BCUT2D eigenvalue weighted by atomic mass is 35.5. The van der Waals surface area contributed by atoms with E-state index in [0.29, 0.717) is 6.42 Å². The molecule has 0 bridgehead atoms. The summed E-state index contributed by atoms with van der Waals surface area (Å²) in [5.74, 6) is 0. The van der Waals surface area contributed by atoms with Gasteiger partial charge in [0.2, 0.25) is 0 Å². The van der Waals surface area contributed by atoms with Gasteiger partial charge in [-0.15, -0.1) is 0 Å². The van der Waals surface area contributed by atoms with E-state index in [1.165, 1.54) is 5.56 Å². The number of hydrogen-bond donors (Lipinski definition) is 1. The van der Waals surface area contributed by atoms with Gasteiger partial charge in [0.15, 0.2) is 0 Å². The molecule has 0 amide bonds. The molecule has 2 heteroatoms. The summed E-state index contributed by atoms with van der Waals surface area (Å²) in [6.45, 7) is 2.04. The van der Waals surface area contributed by atoms with Crippen molar-refractivity contribution in [1.82, 2.24) is 0 Å². The van der Waals surface area contributed by atoms with E-state index in [-0.39, 0.29) is 0 Å². The molecule has 2 rings (SSSR count). The second-order valence-corrected chi connectivity index (χ2v) is 4.40. The smallest absolute Gasteiger partial charge is 0.0690 e. The van der Waals surface area contributed by atoms with Crippen LogP contribution in [0, 0.1) is 6.92 Å². The van der Waals surface area contributed by atoms with Gasteiger partial charge in [-0.1, -0.05) is 29.3 Å². The first-order valence-corrected chi connectivity index (χ1v) is 4.94. The molecule has 13 heavy (non-hydrogen) atoms. The zero-order chi connectivity index (χ0) is 9.47.